The fourth-order valence-electron chi connectivity index (χ4n) is 4.61. The van der Waals surface area contributed by atoms with Crippen LogP contribution in [0.2, 0.25) is 0 Å². The summed E-state index contributed by atoms with van der Waals surface area (Å²) >= 11 is 0. The van der Waals surface area contributed by atoms with Crippen molar-refractivity contribution in [1.82, 2.24) is 0 Å². The SMILES string of the molecule is C1CCC2(CC1)C[C@@H]1CC3(CCOCC3)O[C@@H]1O2. The van der Waals surface area contributed by atoms with Crippen LogP contribution in [0.15, 0.2) is 0 Å². The molecule has 0 unspecified atom stereocenters. The van der Waals surface area contributed by atoms with Crippen molar-refractivity contribution in [2.45, 2.75) is 75.3 Å². The highest BCUT2D eigenvalue weighted by Gasteiger charge is 2.56. The van der Waals surface area contributed by atoms with Gasteiger partial charge >= 0.3 is 0 Å². The van der Waals surface area contributed by atoms with E-state index >= 15 is 0 Å². The highest BCUT2D eigenvalue weighted by molar-refractivity contribution is 5.01. The van der Waals surface area contributed by atoms with Crippen LogP contribution < -0.4 is 0 Å². The molecule has 102 valence electrons. The van der Waals surface area contributed by atoms with E-state index in [4.69, 9.17) is 14.2 Å². The Hall–Kier alpha value is -0.120. The summed E-state index contributed by atoms with van der Waals surface area (Å²) in [5.74, 6) is 0.654. The Morgan fingerprint density at radius 2 is 1.33 bits per heavy atom. The molecule has 0 radical (unpaired) electrons. The van der Waals surface area contributed by atoms with Gasteiger partial charge in [0.2, 0.25) is 0 Å². The molecule has 2 atom stereocenters. The topological polar surface area (TPSA) is 27.7 Å². The fourth-order valence-corrected chi connectivity index (χ4v) is 4.61. The molecule has 18 heavy (non-hydrogen) atoms. The Morgan fingerprint density at radius 1 is 0.722 bits per heavy atom. The second-order valence-electron chi connectivity index (χ2n) is 6.81. The first kappa shape index (κ1) is 11.7. The van der Waals surface area contributed by atoms with Gasteiger partial charge in [-0.1, -0.05) is 19.3 Å². The van der Waals surface area contributed by atoms with Gasteiger partial charge in [0, 0.05) is 19.1 Å². The molecule has 0 aromatic carbocycles. The van der Waals surface area contributed by atoms with Gasteiger partial charge in [-0.2, -0.15) is 0 Å². The van der Waals surface area contributed by atoms with Crippen LogP contribution in [0.3, 0.4) is 0 Å². The number of hydrogen-bond donors (Lipinski definition) is 0. The maximum atomic E-state index is 6.38. The van der Waals surface area contributed by atoms with E-state index in [2.05, 4.69) is 0 Å². The van der Waals surface area contributed by atoms with Gasteiger partial charge in [0.1, 0.15) is 0 Å². The van der Waals surface area contributed by atoms with Crippen LogP contribution in [0.1, 0.15) is 57.8 Å². The molecule has 4 aliphatic rings. The molecule has 0 amide bonds. The van der Waals surface area contributed by atoms with Crippen LogP contribution in [0.4, 0.5) is 0 Å². The summed E-state index contributed by atoms with van der Waals surface area (Å²) in [6.45, 7) is 1.73. The Bertz CT molecular complexity index is 268. The Labute approximate surface area is 109 Å². The zero-order valence-electron chi connectivity index (χ0n) is 11.2. The van der Waals surface area contributed by atoms with Gasteiger partial charge in [-0.05, 0) is 38.5 Å². The molecule has 3 saturated heterocycles. The van der Waals surface area contributed by atoms with Crippen molar-refractivity contribution < 1.29 is 14.2 Å². The quantitative estimate of drug-likeness (QED) is 0.663. The van der Waals surface area contributed by atoms with Crippen molar-refractivity contribution in [2.24, 2.45) is 5.92 Å². The average Bonchev–Trinajstić information content (AvgIpc) is 2.83. The smallest absolute Gasteiger partial charge is 0.162 e. The lowest BCUT2D eigenvalue weighted by atomic mass is 9.78. The Morgan fingerprint density at radius 3 is 1.94 bits per heavy atom. The Balaban J connectivity index is 1.45. The predicted octanol–water partition coefficient (Wildman–Crippen LogP) is 3.02. The van der Waals surface area contributed by atoms with Crippen molar-refractivity contribution in [3.63, 3.8) is 0 Å². The number of fused-ring (bicyclic) bond motifs is 1. The third kappa shape index (κ3) is 1.83. The molecule has 1 saturated carbocycles. The zero-order chi connectivity index (χ0) is 12.1. The van der Waals surface area contributed by atoms with E-state index in [0.717, 1.165) is 26.1 Å². The lowest BCUT2D eigenvalue weighted by Gasteiger charge is -2.37. The maximum Gasteiger partial charge on any atom is 0.162 e. The van der Waals surface area contributed by atoms with Crippen LogP contribution in [0.5, 0.6) is 0 Å². The minimum Gasteiger partial charge on any atom is -0.381 e. The van der Waals surface area contributed by atoms with Crippen LogP contribution in [0.25, 0.3) is 0 Å². The minimum absolute atomic E-state index is 0.0983. The average molecular weight is 252 g/mol. The van der Waals surface area contributed by atoms with Gasteiger partial charge in [0.05, 0.1) is 11.2 Å². The zero-order valence-corrected chi connectivity index (χ0v) is 11.2. The van der Waals surface area contributed by atoms with Crippen LogP contribution >= 0.6 is 0 Å². The highest BCUT2D eigenvalue weighted by Crippen LogP contribution is 2.53. The summed E-state index contributed by atoms with van der Waals surface area (Å²) in [6.07, 6.45) is 11.3. The van der Waals surface area contributed by atoms with Crippen LogP contribution in [-0.2, 0) is 14.2 Å². The van der Waals surface area contributed by atoms with Gasteiger partial charge < -0.3 is 14.2 Å². The first-order chi connectivity index (χ1) is 8.79. The van der Waals surface area contributed by atoms with Crippen molar-refractivity contribution >= 4 is 0 Å². The van der Waals surface area contributed by atoms with Gasteiger partial charge in [0.25, 0.3) is 0 Å². The summed E-state index contributed by atoms with van der Waals surface area (Å²) in [5.41, 5.74) is 0.296. The maximum absolute atomic E-state index is 6.38. The molecule has 4 fully saturated rings. The Kier molecular flexibility index (Phi) is 2.72. The normalized spacial score (nSPS) is 41.3. The fraction of sp³-hybridized carbons (Fsp3) is 1.00. The second-order valence-corrected chi connectivity index (χ2v) is 6.81. The van der Waals surface area contributed by atoms with E-state index in [0.29, 0.717) is 5.92 Å². The van der Waals surface area contributed by atoms with Crippen LogP contribution in [0, 0.1) is 5.92 Å². The summed E-state index contributed by atoms with van der Waals surface area (Å²) < 4.78 is 18.2. The molecule has 2 spiro atoms. The molecule has 0 aromatic heterocycles. The predicted molar refractivity (Wildman–Crippen MR) is 67.3 cm³/mol. The molecule has 1 aliphatic carbocycles. The minimum atomic E-state index is 0.0983. The molecular weight excluding hydrogens is 228 g/mol. The number of rotatable bonds is 0. The number of hydrogen-bond acceptors (Lipinski definition) is 3. The molecule has 4 rings (SSSR count). The molecular formula is C15H24O3. The summed E-state index contributed by atoms with van der Waals surface area (Å²) in [4.78, 5) is 0. The molecule has 3 aliphatic heterocycles. The molecule has 3 heteroatoms. The third-order valence-electron chi connectivity index (χ3n) is 5.55. The molecule has 3 heterocycles. The summed E-state index contributed by atoms with van der Waals surface area (Å²) in [6, 6.07) is 0. The van der Waals surface area contributed by atoms with E-state index in [-0.39, 0.29) is 17.5 Å². The van der Waals surface area contributed by atoms with Crippen LogP contribution in [-0.4, -0.2) is 30.7 Å². The van der Waals surface area contributed by atoms with Crippen molar-refractivity contribution in [3.05, 3.63) is 0 Å². The number of ether oxygens (including phenoxy) is 3. The van der Waals surface area contributed by atoms with Crippen molar-refractivity contribution in [3.8, 4) is 0 Å². The lowest BCUT2D eigenvalue weighted by molar-refractivity contribution is -0.219. The monoisotopic (exact) mass is 252 g/mol. The standard InChI is InChI=1S/C15H24O3/c1-2-4-14(5-3-1)10-12-11-15(18-13(12)17-14)6-8-16-9-7-15/h12-13H,1-11H2/t12-,13+/m1/s1. The summed E-state index contributed by atoms with van der Waals surface area (Å²) in [7, 11) is 0. The van der Waals surface area contributed by atoms with Crippen molar-refractivity contribution in [1.29, 1.82) is 0 Å². The molecule has 0 N–H and O–H groups in total. The third-order valence-corrected chi connectivity index (χ3v) is 5.55. The van der Waals surface area contributed by atoms with Crippen molar-refractivity contribution in [2.75, 3.05) is 13.2 Å². The van der Waals surface area contributed by atoms with Gasteiger partial charge in [-0.15, -0.1) is 0 Å². The molecule has 3 nitrogen and oxygen atoms in total. The second kappa shape index (κ2) is 4.19. The van der Waals surface area contributed by atoms with E-state index < -0.39 is 0 Å². The molecule has 0 aromatic rings. The van der Waals surface area contributed by atoms with Gasteiger partial charge in [-0.3, -0.25) is 0 Å². The van der Waals surface area contributed by atoms with E-state index in [1.165, 1.54) is 44.9 Å². The van der Waals surface area contributed by atoms with E-state index in [9.17, 15) is 0 Å². The van der Waals surface area contributed by atoms with E-state index in [1.54, 1.807) is 0 Å². The van der Waals surface area contributed by atoms with Gasteiger partial charge in [-0.25, -0.2) is 0 Å². The summed E-state index contributed by atoms with van der Waals surface area (Å²) in [5, 5.41) is 0. The van der Waals surface area contributed by atoms with E-state index in [1.807, 2.05) is 0 Å². The van der Waals surface area contributed by atoms with Gasteiger partial charge in [0.15, 0.2) is 6.29 Å². The largest absolute Gasteiger partial charge is 0.381 e. The lowest BCUT2D eigenvalue weighted by Crippen LogP contribution is -2.39. The first-order valence-corrected chi connectivity index (χ1v) is 7.73. The molecule has 0 bridgehead atoms. The first-order valence-electron chi connectivity index (χ1n) is 7.73. The highest BCUT2D eigenvalue weighted by atomic mass is 16.7.